The number of aromatic nitrogens is 2. The predicted octanol–water partition coefficient (Wildman–Crippen LogP) is 0.103. The van der Waals surface area contributed by atoms with Crippen molar-refractivity contribution in [2.45, 2.75) is 13.3 Å². The van der Waals surface area contributed by atoms with Gasteiger partial charge in [0, 0.05) is 26.2 Å². The van der Waals surface area contributed by atoms with Gasteiger partial charge in [0.05, 0.1) is 12.4 Å². The van der Waals surface area contributed by atoms with Gasteiger partial charge < -0.3 is 15.8 Å². The summed E-state index contributed by atoms with van der Waals surface area (Å²) in [6.07, 6.45) is 4.39. The minimum absolute atomic E-state index is 0.0215. The molecule has 104 valence electrons. The Hall–Kier alpha value is -1.89. The van der Waals surface area contributed by atoms with Crippen molar-refractivity contribution in [3.05, 3.63) is 18.1 Å². The van der Waals surface area contributed by atoms with Crippen molar-refractivity contribution in [2.75, 3.05) is 37.6 Å². The zero-order valence-electron chi connectivity index (χ0n) is 11.2. The Balaban J connectivity index is 1.96. The van der Waals surface area contributed by atoms with Gasteiger partial charge in [-0.1, -0.05) is 12.1 Å². The highest BCUT2D eigenvalue weighted by Gasteiger charge is 2.17. The van der Waals surface area contributed by atoms with Crippen LogP contribution in [0.4, 0.5) is 5.82 Å². The molecule has 2 rings (SSSR count). The number of nitrogens with two attached hydrogens (primary N) is 1. The van der Waals surface area contributed by atoms with Crippen LogP contribution in [-0.2, 0) is 0 Å². The van der Waals surface area contributed by atoms with Gasteiger partial charge in [-0.25, -0.2) is 9.97 Å². The van der Waals surface area contributed by atoms with E-state index >= 15 is 0 Å². The summed E-state index contributed by atoms with van der Waals surface area (Å²) in [5.41, 5.74) is 5.84. The van der Waals surface area contributed by atoms with Gasteiger partial charge in [-0.05, 0) is 13.0 Å². The second kappa shape index (κ2) is 6.33. The molecule has 0 bridgehead atoms. The maximum atomic E-state index is 8.57. The number of nitrogens with zero attached hydrogens (tertiary/aromatic N) is 5. The summed E-state index contributed by atoms with van der Waals surface area (Å²) < 4.78 is 0. The van der Waals surface area contributed by atoms with Crippen molar-refractivity contribution >= 4 is 11.7 Å². The Morgan fingerprint density at radius 2 is 2.05 bits per heavy atom. The van der Waals surface area contributed by atoms with E-state index in [-0.39, 0.29) is 5.84 Å². The molecule has 0 aromatic carbocycles. The molecule has 0 spiro atoms. The van der Waals surface area contributed by atoms with Crippen LogP contribution in [0.3, 0.4) is 0 Å². The van der Waals surface area contributed by atoms with E-state index in [1.165, 1.54) is 12.6 Å². The highest BCUT2D eigenvalue weighted by Crippen LogP contribution is 2.12. The summed E-state index contributed by atoms with van der Waals surface area (Å²) >= 11 is 0. The standard InChI is InChI=1S/C12H20N6O/c1-2-3-17-4-6-18(7-5-17)11-9-14-10(8-15-11)12(13)16-19/h8-9,19H,2-7H2,1H3,(H2,13,16). The molecule has 0 amide bonds. The Morgan fingerprint density at radius 1 is 1.32 bits per heavy atom. The van der Waals surface area contributed by atoms with Crippen LogP contribution in [0.5, 0.6) is 0 Å². The normalized spacial score (nSPS) is 17.7. The molecule has 1 aromatic heterocycles. The molecule has 1 saturated heterocycles. The smallest absolute Gasteiger partial charge is 0.190 e. The van der Waals surface area contributed by atoms with Crippen LogP contribution >= 0.6 is 0 Å². The van der Waals surface area contributed by atoms with Crippen molar-refractivity contribution in [1.29, 1.82) is 0 Å². The highest BCUT2D eigenvalue weighted by atomic mass is 16.4. The Morgan fingerprint density at radius 3 is 2.58 bits per heavy atom. The van der Waals surface area contributed by atoms with Crippen molar-refractivity contribution in [3.8, 4) is 0 Å². The molecule has 1 fully saturated rings. The summed E-state index contributed by atoms with van der Waals surface area (Å²) in [5.74, 6) is 0.817. The lowest BCUT2D eigenvalue weighted by atomic mass is 10.3. The van der Waals surface area contributed by atoms with E-state index in [0.29, 0.717) is 5.69 Å². The maximum absolute atomic E-state index is 8.57. The minimum atomic E-state index is -0.0215. The van der Waals surface area contributed by atoms with E-state index in [4.69, 9.17) is 10.9 Å². The first kappa shape index (κ1) is 13.5. The SMILES string of the molecule is CCCN1CCN(c2cnc(C(N)=NO)cn2)CC1. The third-order valence-corrected chi connectivity index (χ3v) is 3.24. The van der Waals surface area contributed by atoms with Crippen LogP contribution in [0.15, 0.2) is 17.5 Å². The topological polar surface area (TPSA) is 90.9 Å². The first-order chi connectivity index (χ1) is 9.24. The molecule has 0 aliphatic carbocycles. The molecule has 1 aliphatic rings. The van der Waals surface area contributed by atoms with Crippen LogP contribution in [0.1, 0.15) is 19.0 Å². The van der Waals surface area contributed by atoms with Gasteiger partial charge in [0.2, 0.25) is 0 Å². The van der Waals surface area contributed by atoms with Crippen molar-refractivity contribution in [3.63, 3.8) is 0 Å². The third-order valence-electron chi connectivity index (χ3n) is 3.24. The highest BCUT2D eigenvalue weighted by molar-refractivity contribution is 5.94. The Kier molecular flexibility index (Phi) is 4.51. The van der Waals surface area contributed by atoms with Gasteiger partial charge in [0.15, 0.2) is 5.84 Å². The molecular weight excluding hydrogens is 244 g/mol. The summed E-state index contributed by atoms with van der Waals surface area (Å²) in [7, 11) is 0. The average molecular weight is 264 g/mol. The second-order valence-electron chi connectivity index (χ2n) is 4.57. The molecule has 1 aromatic rings. The monoisotopic (exact) mass is 264 g/mol. The molecule has 0 unspecified atom stereocenters. The van der Waals surface area contributed by atoms with Crippen LogP contribution < -0.4 is 10.6 Å². The molecule has 7 nitrogen and oxygen atoms in total. The summed E-state index contributed by atoms with van der Waals surface area (Å²) in [5, 5.41) is 11.5. The number of oxime groups is 1. The Labute approximate surface area is 112 Å². The van der Waals surface area contributed by atoms with E-state index in [9.17, 15) is 0 Å². The zero-order valence-corrected chi connectivity index (χ0v) is 11.2. The average Bonchev–Trinajstić information content (AvgIpc) is 2.48. The number of piperazine rings is 1. The van der Waals surface area contributed by atoms with Gasteiger partial charge in [-0.15, -0.1) is 0 Å². The maximum Gasteiger partial charge on any atom is 0.190 e. The minimum Gasteiger partial charge on any atom is -0.409 e. The second-order valence-corrected chi connectivity index (χ2v) is 4.57. The number of rotatable bonds is 4. The molecular formula is C12H20N6O. The first-order valence-corrected chi connectivity index (χ1v) is 6.52. The van der Waals surface area contributed by atoms with Crippen LogP contribution in [0, 0.1) is 0 Å². The predicted molar refractivity (Wildman–Crippen MR) is 73.5 cm³/mol. The zero-order chi connectivity index (χ0) is 13.7. The van der Waals surface area contributed by atoms with E-state index in [1.54, 1.807) is 6.20 Å². The molecule has 0 radical (unpaired) electrons. The van der Waals surface area contributed by atoms with Crippen LogP contribution in [0.25, 0.3) is 0 Å². The van der Waals surface area contributed by atoms with Crippen molar-refractivity contribution in [2.24, 2.45) is 10.9 Å². The Bertz CT molecular complexity index is 424. The lowest BCUT2D eigenvalue weighted by molar-refractivity contribution is 0.258. The van der Waals surface area contributed by atoms with Gasteiger partial charge >= 0.3 is 0 Å². The van der Waals surface area contributed by atoms with E-state index in [2.05, 4.69) is 31.8 Å². The van der Waals surface area contributed by atoms with E-state index in [1.807, 2.05) is 0 Å². The van der Waals surface area contributed by atoms with E-state index < -0.39 is 0 Å². The summed E-state index contributed by atoms with van der Waals surface area (Å²) in [6.45, 7) is 7.37. The lowest BCUT2D eigenvalue weighted by Gasteiger charge is -2.35. The number of amidine groups is 1. The summed E-state index contributed by atoms with van der Waals surface area (Å²) in [6, 6.07) is 0. The third kappa shape index (κ3) is 3.31. The summed E-state index contributed by atoms with van der Waals surface area (Å²) in [4.78, 5) is 13.1. The van der Waals surface area contributed by atoms with Crippen LogP contribution in [0.2, 0.25) is 0 Å². The lowest BCUT2D eigenvalue weighted by Crippen LogP contribution is -2.46. The number of anilines is 1. The molecule has 2 heterocycles. The van der Waals surface area contributed by atoms with Gasteiger partial charge in [0.25, 0.3) is 0 Å². The number of hydrogen-bond acceptors (Lipinski definition) is 6. The molecule has 19 heavy (non-hydrogen) atoms. The van der Waals surface area contributed by atoms with Gasteiger partial charge in [-0.2, -0.15) is 0 Å². The van der Waals surface area contributed by atoms with Gasteiger partial charge in [-0.3, -0.25) is 4.90 Å². The molecule has 3 N–H and O–H groups in total. The van der Waals surface area contributed by atoms with Gasteiger partial charge in [0.1, 0.15) is 11.5 Å². The van der Waals surface area contributed by atoms with Crippen molar-refractivity contribution < 1.29 is 5.21 Å². The van der Waals surface area contributed by atoms with Crippen LogP contribution in [-0.4, -0.2) is 58.6 Å². The number of hydrogen-bond donors (Lipinski definition) is 2. The van der Waals surface area contributed by atoms with E-state index in [0.717, 1.165) is 38.5 Å². The largest absolute Gasteiger partial charge is 0.409 e. The fourth-order valence-electron chi connectivity index (χ4n) is 2.18. The molecule has 0 atom stereocenters. The quantitative estimate of drug-likeness (QED) is 0.347. The molecule has 7 heteroatoms. The van der Waals surface area contributed by atoms with Crippen molar-refractivity contribution in [1.82, 2.24) is 14.9 Å². The fourth-order valence-corrected chi connectivity index (χ4v) is 2.18. The molecule has 0 saturated carbocycles. The fraction of sp³-hybridized carbons (Fsp3) is 0.583. The first-order valence-electron chi connectivity index (χ1n) is 6.52. The molecule has 1 aliphatic heterocycles.